The first-order valence-electron chi connectivity index (χ1n) is 6.78. The maximum atomic E-state index is 11.9. The Labute approximate surface area is 122 Å². The second kappa shape index (κ2) is 5.29. The van der Waals surface area contributed by atoms with E-state index in [1.165, 1.54) is 42.4 Å². The van der Waals surface area contributed by atoms with E-state index in [0.717, 1.165) is 24.0 Å². The minimum atomic E-state index is -0.364. The number of hydrogen-bond acceptors (Lipinski definition) is 4. The minimum Gasteiger partial charge on any atom is -0.465 e. The minimum absolute atomic E-state index is 0.364. The van der Waals surface area contributed by atoms with Gasteiger partial charge in [-0.05, 0) is 42.4 Å². The highest BCUT2D eigenvalue weighted by molar-refractivity contribution is 7.14. The van der Waals surface area contributed by atoms with Crippen LogP contribution in [0.5, 0.6) is 0 Å². The SMILES string of the molecule is COC(=O)c1c(-c2ccc3c(c2)CCCC3)csc1N. The van der Waals surface area contributed by atoms with E-state index in [0.29, 0.717) is 10.6 Å². The monoisotopic (exact) mass is 287 g/mol. The van der Waals surface area contributed by atoms with Gasteiger partial charge in [0.2, 0.25) is 0 Å². The van der Waals surface area contributed by atoms with E-state index >= 15 is 0 Å². The molecule has 20 heavy (non-hydrogen) atoms. The molecule has 0 saturated carbocycles. The van der Waals surface area contributed by atoms with Crippen molar-refractivity contribution in [1.29, 1.82) is 0 Å². The fraction of sp³-hybridized carbons (Fsp3) is 0.312. The van der Waals surface area contributed by atoms with Crippen molar-refractivity contribution in [2.45, 2.75) is 25.7 Å². The number of fused-ring (bicyclic) bond motifs is 1. The first-order chi connectivity index (χ1) is 9.70. The first-order valence-corrected chi connectivity index (χ1v) is 7.66. The Hall–Kier alpha value is -1.81. The van der Waals surface area contributed by atoms with Gasteiger partial charge in [-0.15, -0.1) is 11.3 Å². The molecule has 0 aliphatic heterocycles. The second-order valence-electron chi connectivity index (χ2n) is 5.07. The Kier molecular flexibility index (Phi) is 3.49. The van der Waals surface area contributed by atoms with Crippen molar-refractivity contribution in [2.24, 2.45) is 0 Å². The number of nitrogen functional groups attached to an aromatic ring is 1. The Morgan fingerprint density at radius 1 is 1.25 bits per heavy atom. The molecular formula is C16H17NO2S. The lowest BCUT2D eigenvalue weighted by Gasteiger charge is -2.16. The summed E-state index contributed by atoms with van der Waals surface area (Å²) >= 11 is 1.38. The summed E-state index contributed by atoms with van der Waals surface area (Å²) in [7, 11) is 1.38. The van der Waals surface area contributed by atoms with Gasteiger partial charge in [0.15, 0.2) is 0 Å². The summed E-state index contributed by atoms with van der Waals surface area (Å²) in [5.74, 6) is -0.364. The number of aryl methyl sites for hydroxylation is 2. The lowest BCUT2D eigenvalue weighted by molar-refractivity contribution is 0.0603. The summed E-state index contributed by atoms with van der Waals surface area (Å²) < 4.78 is 4.84. The van der Waals surface area contributed by atoms with E-state index in [2.05, 4.69) is 18.2 Å². The van der Waals surface area contributed by atoms with Crippen molar-refractivity contribution in [3.05, 3.63) is 40.3 Å². The van der Waals surface area contributed by atoms with E-state index in [4.69, 9.17) is 10.5 Å². The molecule has 1 aromatic carbocycles. The lowest BCUT2D eigenvalue weighted by atomic mass is 9.89. The maximum Gasteiger partial charge on any atom is 0.341 e. The van der Waals surface area contributed by atoms with Crippen LogP contribution in [-0.2, 0) is 17.6 Å². The number of methoxy groups -OCH3 is 1. The molecule has 1 aromatic heterocycles. The van der Waals surface area contributed by atoms with Crippen molar-refractivity contribution < 1.29 is 9.53 Å². The van der Waals surface area contributed by atoms with E-state index in [1.54, 1.807) is 0 Å². The van der Waals surface area contributed by atoms with Crippen LogP contribution in [-0.4, -0.2) is 13.1 Å². The number of carbonyl (C=O) groups is 1. The largest absolute Gasteiger partial charge is 0.465 e. The molecule has 4 heteroatoms. The molecule has 0 bridgehead atoms. The lowest BCUT2D eigenvalue weighted by Crippen LogP contribution is -2.05. The molecule has 0 radical (unpaired) electrons. The van der Waals surface area contributed by atoms with Crippen molar-refractivity contribution >= 4 is 22.3 Å². The number of thiophene rings is 1. The van der Waals surface area contributed by atoms with Crippen LogP contribution in [0.3, 0.4) is 0 Å². The number of rotatable bonds is 2. The zero-order chi connectivity index (χ0) is 14.1. The number of carbonyl (C=O) groups excluding carboxylic acids is 1. The Morgan fingerprint density at radius 3 is 2.75 bits per heavy atom. The molecule has 1 aliphatic carbocycles. The van der Waals surface area contributed by atoms with Gasteiger partial charge >= 0.3 is 5.97 Å². The van der Waals surface area contributed by atoms with Crippen molar-refractivity contribution in [2.75, 3.05) is 12.8 Å². The Balaban J connectivity index is 2.07. The summed E-state index contributed by atoms with van der Waals surface area (Å²) in [6.45, 7) is 0. The predicted molar refractivity (Wildman–Crippen MR) is 82.1 cm³/mol. The third-order valence-electron chi connectivity index (χ3n) is 3.87. The molecule has 2 aromatic rings. The van der Waals surface area contributed by atoms with Crippen LogP contribution in [0.15, 0.2) is 23.6 Å². The maximum absolute atomic E-state index is 11.9. The van der Waals surface area contributed by atoms with Crippen LogP contribution in [0, 0.1) is 0 Å². The van der Waals surface area contributed by atoms with Crippen LogP contribution >= 0.6 is 11.3 Å². The average molecular weight is 287 g/mol. The average Bonchev–Trinajstić information content (AvgIpc) is 2.87. The smallest absolute Gasteiger partial charge is 0.341 e. The standard InChI is InChI=1S/C16H17NO2S/c1-19-16(18)14-13(9-20-15(14)17)12-7-6-10-4-2-3-5-11(10)8-12/h6-9H,2-5,17H2,1H3. The summed E-state index contributed by atoms with van der Waals surface area (Å²) in [5, 5.41) is 2.45. The number of anilines is 1. The fourth-order valence-corrected chi connectivity index (χ4v) is 3.61. The molecule has 1 heterocycles. The van der Waals surface area contributed by atoms with Gasteiger partial charge in [-0.2, -0.15) is 0 Å². The number of benzene rings is 1. The molecule has 0 atom stereocenters. The van der Waals surface area contributed by atoms with Gasteiger partial charge in [0.25, 0.3) is 0 Å². The summed E-state index contributed by atoms with van der Waals surface area (Å²) in [4.78, 5) is 11.9. The predicted octanol–water partition coefficient (Wildman–Crippen LogP) is 3.66. The van der Waals surface area contributed by atoms with E-state index < -0.39 is 0 Å². The molecule has 0 fully saturated rings. The molecule has 3 rings (SSSR count). The van der Waals surface area contributed by atoms with Crippen LogP contribution < -0.4 is 5.73 Å². The van der Waals surface area contributed by atoms with Crippen molar-refractivity contribution in [3.8, 4) is 11.1 Å². The quantitative estimate of drug-likeness (QED) is 0.858. The molecule has 0 saturated heterocycles. The van der Waals surface area contributed by atoms with Gasteiger partial charge in [0.05, 0.1) is 7.11 Å². The van der Waals surface area contributed by atoms with Gasteiger partial charge in [0.1, 0.15) is 10.6 Å². The van der Waals surface area contributed by atoms with Crippen molar-refractivity contribution in [3.63, 3.8) is 0 Å². The van der Waals surface area contributed by atoms with Gasteiger partial charge < -0.3 is 10.5 Å². The molecule has 0 spiro atoms. The first kappa shape index (κ1) is 13.2. The van der Waals surface area contributed by atoms with E-state index in [-0.39, 0.29) is 5.97 Å². The number of ether oxygens (including phenoxy) is 1. The molecule has 1 aliphatic rings. The highest BCUT2D eigenvalue weighted by Crippen LogP contribution is 2.36. The zero-order valence-corrected chi connectivity index (χ0v) is 12.3. The Bertz CT molecular complexity index is 660. The van der Waals surface area contributed by atoms with Gasteiger partial charge in [0, 0.05) is 10.9 Å². The van der Waals surface area contributed by atoms with E-state index in [9.17, 15) is 4.79 Å². The van der Waals surface area contributed by atoms with Crippen molar-refractivity contribution in [1.82, 2.24) is 0 Å². The van der Waals surface area contributed by atoms with Gasteiger partial charge in [-0.25, -0.2) is 4.79 Å². The third-order valence-corrected chi connectivity index (χ3v) is 4.68. The fourth-order valence-electron chi connectivity index (χ4n) is 2.80. The highest BCUT2D eigenvalue weighted by atomic mass is 32.1. The van der Waals surface area contributed by atoms with Crippen LogP contribution in [0.1, 0.15) is 34.3 Å². The summed E-state index contributed by atoms with van der Waals surface area (Å²) in [5.41, 5.74) is 11.2. The molecule has 0 amide bonds. The van der Waals surface area contributed by atoms with Gasteiger partial charge in [-0.3, -0.25) is 0 Å². The highest BCUT2D eigenvalue weighted by Gasteiger charge is 2.20. The van der Waals surface area contributed by atoms with Gasteiger partial charge in [-0.1, -0.05) is 18.2 Å². The Morgan fingerprint density at radius 2 is 2.00 bits per heavy atom. The van der Waals surface area contributed by atoms with Crippen LogP contribution in [0.2, 0.25) is 0 Å². The molecule has 104 valence electrons. The third kappa shape index (κ3) is 2.20. The number of nitrogens with two attached hydrogens (primary N) is 1. The topological polar surface area (TPSA) is 52.3 Å². The molecular weight excluding hydrogens is 270 g/mol. The molecule has 0 unspecified atom stereocenters. The van der Waals surface area contributed by atoms with E-state index in [1.807, 2.05) is 5.38 Å². The molecule has 2 N–H and O–H groups in total. The van der Waals surface area contributed by atoms with Crippen LogP contribution in [0.4, 0.5) is 5.00 Å². The zero-order valence-electron chi connectivity index (χ0n) is 11.4. The molecule has 3 nitrogen and oxygen atoms in total. The second-order valence-corrected chi connectivity index (χ2v) is 5.98. The number of hydrogen-bond donors (Lipinski definition) is 1. The van der Waals surface area contributed by atoms with Crippen LogP contribution in [0.25, 0.3) is 11.1 Å². The summed E-state index contributed by atoms with van der Waals surface area (Å²) in [6.07, 6.45) is 4.79. The normalized spacial score (nSPS) is 13.8. The number of esters is 1. The summed E-state index contributed by atoms with van der Waals surface area (Å²) in [6, 6.07) is 6.46.